The first-order valence-corrected chi connectivity index (χ1v) is 9.16. The van der Waals surface area contributed by atoms with Gasteiger partial charge in [-0.1, -0.05) is 6.07 Å². The first kappa shape index (κ1) is 18.5. The Morgan fingerprint density at radius 2 is 1.93 bits per heavy atom. The number of aromatic nitrogens is 2. The van der Waals surface area contributed by atoms with Crippen molar-refractivity contribution < 1.29 is 18.0 Å². The summed E-state index contributed by atoms with van der Waals surface area (Å²) in [5.74, 6) is 0.154. The van der Waals surface area contributed by atoms with Gasteiger partial charge < -0.3 is 16.0 Å². The number of rotatable bonds is 3. The van der Waals surface area contributed by atoms with Crippen LogP contribution < -0.4 is 11.1 Å². The van der Waals surface area contributed by atoms with E-state index >= 15 is 0 Å². The molecule has 148 valence electrons. The number of nitrogens with one attached hydrogen (secondary N) is 1. The molecular weight excluding hydrogens is 371 g/mol. The van der Waals surface area contributed by atoms with Crippen molar-refractivity contribution in [2.24, 2.45) is 0 Å². The van der Waals surface area contributed by atoms with Gasteiger partial charge in [-0.3, -0.25) is 4.79 Å². The van der Waals surface area contributed by atoms with E-state index in [1.165, 1.54) is 0 Å². The summed E-state index contributed by atoms with van der Waals surface area (Å²) in [4.78, 5) is 22.2. The highest BCUT2D eigenvalue weighted by molar-refractivity contribution is 5.99. The van der Waals surface area contributed by atoms with E-state index in [0.717, 1.165) is 37.2 Å². The van der Waals surface area contributed by atoms with Crippen molar-refractivity contribution in [2.75, 3.05) is 11.1 Å². The number of benzene rings is 1. The number of carbonyl (C=O) groups excluding carboxylic acids is 1. The predicted molar refractivity (Wildman–Crippen MR) is 97.4 cm³/mol. The van der Waals surface area contributed by atoms with E-state index < -0.39 is 11.7 Å². The van der Waals surface area contributed by atoms with Crippen molar-refractivity contribution in [3.8, 4) is 0 Å². The zero-order valence-corrected chi connectivity index (χ0v) is 15.0. The lowest BCUT2D eigenvalue weighted by Crippen LogP contribution is -2.42. The molecule has 4 rings (SSSR count). The molecule has 6 nitrogen and oxygen atoms in total. The third-order valence-corrected chi connectivity index (χ3v) is 5.37. The minimum atomic E-state index is -4.46. The average Bonchev–Trinajstić information content (AvgIpc) is 2.98. The van der Waals surface area contributed by atoms with E-state index in [1.807, 2.05) is 11.0 Å². The largest absolute Gasteiger partial charge is 0.419 e. The lowest BCUT2D eigenvalue weighted by molar-refractivity contribution is -0.138. The van der Waals surface area contributed by atoms with Crippen LogP contribution in [0.4, 0.5) is 24.8 Å². The molecule has 0 unspecified atom stereocenters. The molecule has 1 aliphatic carbocycles. The minimum Gasteiger partial charge on any atom is -0.399 e. The molecule has 1 aliphatic heterocycles. The maximum Gasteiger partial charge on any atom is 0.419 e. The van der Waals surface area contributed by atoms with Crippen LogP contribution in [0.1, 0.15) is 47.2 Å². The molecule has 0 saturated heterocycles. The SMILES string of the molecule is Nc1ccc2c(c1)C(=O)N([C@H]1CCC[C@@H](Nc3ncc(C(F)(F)F)cn3)C1)C2. The van der Waals surface area contributed by atoms with Gasteiger partial charge in [0, 0.05) is 42.3 Å². The molecule has 3 N–H and O–H groups in total. The second-order valence-corrected chi connectivity index (χ2v) is 7.30. The van der Waals surface area contributed by atoms with Crippen LogP contribution in [0.25, 0.3) is 0 Å². The summed E-state index contributed by atoms with van der Waals surface area (Å²) in [6, 6.07) is 5.45. The molecule has 0 bridgehead atoms. The standard InChI is InChI=1S/C19H20F3N5O/c20-19(21,22)12-8-24-18(25-9-12)26-14-2-1-3-15(7-14)27-10-11-4-5-13(23)6-16(11)17(27)28/h4-6,8-9,14-15H,1-3,7,10,23H2,(H,24,25,26)/t14-,15+/m1/s1. The zero-order valence-electron chi connectivity index (χ0n) is 15.0. The van der Waals surface area contributed by atoms with Crippen LogP contribution in [-0.2, 0) is 12.7 Å². The molecule has 1 amide bonds. The van der Waals surface area contributed by atoms with Gasteiger partial charge in [0.1, 0.15) is 0 Å². The second kappa shape index (κ2) is 6.96. The van der Waals surface area contributed by atoms with Crippen molar-refractivity contribution in [2.45, 2.75) is 50.5 Å². The summed E-state index contributed by atoms with van der Waals surface area (Å²) in [5.41, 5.74) is 7.11. The summed E-state index contributed by atoms with van der Waals surface area (Å²) in [6.07, 6.45) is 0.444. The molecule has 1 aromatic carbocycles. The Kier molecular flexibility index (Phi) is 4.60. The van der Waals surface area contributed by atoms with E-state index in [4.69, 9.17) is 5.73 Å². The van der Waals surface area contributed by atoms with E-state index in [-0.39, 0.29) is 23.9 Å². The van der Waals surface area contributed by atoms with Gasteiger partial charge in [-0.05, 0) is 43.4 Å². The van der Waals surface area contributed by atoms with Crippen LogP contribution in [0.2, 0.25) is 0 Å². The Hall–Kier alpha value is -2.84. The second-order valence-electron chi connectivity index (χ2n) is 7.30. The Morgan fingerprint density at radius 3 is 2.64 bits per heavy atom. The van der Waals surface area contributed by atoms with Crippen molar-refractivity contribution in [3.63, 3.8) is 0 Å². The number of alkyl halides is 3. The smallest absolute Gasteiger partial charge is 0.399 e. The number of nitrogen functional groups attached to an aromatic ring is 1. The number of nitrogens with two attached hydrogens (primary N) is 1. The van der Waals surface area contributed by atoms with Gasteiger partial charge >= 0.3 is 6.18 Å². The van der Waals surface area contributed by atoms with Gasteiger partial charge in [0.15, 0.2) is 0 Å². The van der Waals surface area contributed by atoms with Gasteiger partial charge in [-0.15, -0.1) is 0 Å². The molecule has 0 spiro atoms. The minimum absolute atomic E-state index is 0.00271. The molecule has 2 atom stereocenters. The molecule has 2 aliphatic rings. The number of amides is 1. The number of hydrogen-bond acceptors (Lipinski definition) is 5. The highest BCUT2D eigenvalue weighted by Crippen LogP contribution is 2.33. The number of carbonyl (C=O) groups is 1. The average molecular weight is 391 g/mol. The molecular formula is C19H20F3N5O. The first-order valence-electron chi connectivity index (χ1n) is 9.16. The fraction of sp³-hybridized carbons (Fsp3) is 0.421. The number of halogens is 3. The predicted octanol–water partition coefficient (Wildman–Crippen LogP) is 3.46. The normalized spacial score (nSPS) is 22.2. The van der Waals surface area contributed by atoms with E-state index in [9.17, 15) is 18.0 Å². The first-order chi connectivity index (χ1) is 13.3. The molecule has 0 radical (unpaired) electrons. The van der Waals surface area contributed by atoms with Crippen molar-refractivity contribution in [1.82, 2.24) is 14.9 Å². The third-order valence-electron chi connectivity index (χ3n) is 5.37. The van der Waals surface area contributed by atoms with Crippen LogP contribution >= 0.6 is 0 Å². The molecule has 1 fully saturated rings. The van der Waals surface area contributed by atoms with Crippen LogP contribution in [0, 0.1) is 0 Å². The van der Waals surface area contributed by atoms with Crippen molar-refractivity contribution >= 4 is 17.5 Å². The molecule has 2 aromatic rings. The molecule has 1 saturated carbocycles. The van der Waals surface area contributed by atoms with E-state index in [0.29, 0.717) is 24.2 Å². The van der Waals surface area contributed by atoms with Gasteiger partial charge in [-0.25, -0.2) is 9.97 Å². The Morgan fingerprint density at radius 1 is 1.18 bits per heavy atom. The van der Waals surface area contributed by atoms with Gasteiger partial charge in [-0.2, -0.15) is 13.2 Å². The van der Waals surface area contributed by atoms with Crippen LogP contribution in [0.5, 0.6) is 0 Å². The van der Waals surface area contributed by atoms with E-state index in [1.54, 1.807) is 12.1 Å². The monoisotopic (exact) mass is 391 g/mol. The molecule has 28 heavy (non-hydrogen) atoms. The lowest BCUT2D eigenvalue weighted by Gasteiger charge is -2.35. The Bertz CT molecular complexity index is 884. The fourth-order valence-corrected chi connectivity index (χ4v) is 3.95. The summed E-state index contributed by atoms with van der Waals surface area (Å²) in [6.45, 7) is 0.558. The lowest BCUT2D eigenvalue weighted by atomic mass is 9.90. The van der Waals surface area contributed by atoms with Crippen LogP contribution in [-0.4, -0.2) is 32.9 Å². The molecule has 9 heteroatoms. The summed E-state index contributed by atoms with van der Waals surface area (Å²) in [5, 5.41) is 3.11. The molecule has 2 heterocycles. The Labute approximate surface area is 160 Å². The number of fused-ring (bicyclic) bond motifs is 1. The maximum atomic E-state index is 12.8. The summed E-state index contributed by atoms with van der Waals surface area (Å²) >= 11 is 0. The highest BCUT2D eigenvalue weighted by Gasteiger charge is 2.36. The number of hydrogen-bond donors (Lipinski definition) is 2. The highest BCUT2D eigenvalue weighted by atomic mass is 19.4. The van der Waals surface area contributed by atoms with Crippen molar-refractivity contribution in [3.05, 3.63) is 47.3 Å². The van der Waals surface area contributed by atoms with E-state index in [2.05, 4.69) is 15.3 Å². The van der Waals surface area contributed by atoms with Crippen LogP contribution in [0.15, 0.2) is 30.6 Å². The number of nitrogens with zero attached hydrogens (tertiary/aromatic N) is 3. The zero-order chi connectivity index (χ0) is 19.9. The quantitative estimate of drug-likeness (QED) is 0.783. The summed E-state index contributed by atoms with van der Waals surface area (Å²) < 4.78 is 37.9. The van der Waals surface area contributed by atoms with Gasteiger partial charge in [0.2, 0.25) is 5.95 Å². The number of anilines is 2. The maximum absolute atomic E-state index is 12.8. The van der Waals surface area contributed by atoms with Crippen molar-refractivity contribution in [1.29, 1.82) is 0 Å². The fourth-order valence-electron chi connectivity index (χ4n) is 3.95. The van der Waals surface area contributed by atoms with Gasteiger partial charge in [0.05, 0.1) is 5.56 Å². The third kappa shape index (κ3) is 3.61. The summed E-state index contributed by atoms with van der Waals surface area (Å²) in [7, 11) is 0. The van der Waals surface area contributed by atoms with Crippen LogP contribution in [0.3, 0.4) is 0 Å². The van der Waals surface area contributed by atoms with Gasteiger partial charge in [0.25, 0.3) is 5.91 Å². The topological polar surface area (TPSA) is 84.1 Å². The molecule has 1 aromatic heterocycles. The Balaban J connectivity index is 1.42.